The Hall–Kier alpha value is -3.92. The Balaban J connectivity index is 0.00000722. The first-order chi connectivity index (χ1) is 33.0. The van der Waals surface area contributed by atoms with Gasteiger partial charge >= 0.3 is 23.9 Å². The number of carbonyl (C=O) groups excluding carboxylic acids is 2. The van der Waals surface area contributed by atoms with E-state index in [9.17, 15) is 29.4 Å². The summed E-state index contributed by atoms with van der Waals surface area (Å²) in [4.78, 5) is 52.0. The van der Waals surface area contributed by atoms with Crippen LogP contribution in [0.5, 0.6) is 11.5 Å². The number of hydrogen-bond donors (Lipinski definition) is 2. The molecule has 0 heterocycles. The van der Waals surface area contributed by atoms with E-state index in [1.54, 1.807) is 60.7 Å². The zero-order valence-corrected chi connectivity index (χ0v) is 45.3. The number of hydrogen-bond acceptors (Lipinski definition) is 6. The van der Waals surface area contributed by atoms with Crippen molar-refractivity contribution in [2.75, 3.05) is 0 Å². The molecule has 0 spiro atoms. The molecule has 70 heavy (non-hydrogen) atoms. The first-order valence-electron chi connectivity index (χ1n) is 25.4. The molecule has 4 fully saturated rings. The van der Waals surface area contributed by atoms with Gasteiger partial charge in [-0.15, -0.1) is 0 Å². The van der Waals surface area contributed by atoms with Crippen molar-refractivity contribution in [3.8, 4) is 11.5 Å². The molecule has 1 radical (unpaired) electrons. The molecular formula is C59H68Cl2NaO8. The van der Waals surface area contributed by atoms with Crippen LogP contribution in [0.25, 0.3) is 5.57 Å². The summed E-state index contributed by atoms with van der Waals surface area (Å²) >= 11 is 13.6. The topological polar surface area (TPSA) is 127 Å². The molecule has 1 unspecified atom stereocenters. The van der Waals surface area contributed by atoms with Gasteiger partial charge in [-0.05, 0) is 194 Å². The molecule has 4 aliphatic rings. The maximum Gasteiger partial charge on any atom is 0.343 e. The number of fused-ring (bicyclic) bond motifs is 5. The summed E-state index contributed by atoms with van der Waals surface area (Å²) in [7, 11) is 0. The number of carboxylic acid groups (broad SMARTS) is 2. The van der Waals surface area contributed by atoms with Gasteiger partial charge in [0.25, 0.3) is 0 Å². The molecule has 11 heteroatoms. The van der Waals surface area contributed by atoms with Crippen molar-refractivity contribution in [1.29, 1.82) is 0 Å². The maximum absolute atomic E-state index is 13.1. The van der Waals surface area contributed by atoms with Crippen molar-refractivity contribution in [3.05, 3.63) is 134 Å². The van der Waals surface area contributed by atoms with E-state index >= 15 is 0 Å². The third-order valence-corrected chi connectivity index (χ3v) is 18.0. The molecule has 0 amide bonds. The smallest absolute Gasteiger partial charge is 0.343 e. The van der Waals surface area contributed by atoms with Crippen LogP contribution in [0.1, 0.15) is 177 Å². The van der Waals surface area contributed by atoms with E-state index in [0.29, 0.717) is 45.8 Å². The number of ether oxygens (including phenoxy) is 2. The van der Waals surface area contributed by atoms with Gasteiger partial charge in [-0.25, -0.2) is 19.2 Å². The average molecular weight is 999 g/mol. The molecule has 2 N–H and O–H groups in total. The van der Waals surface area contributed by atoms with E-state index in [-0.39, 0.29) is 73.4 Å². The van der Waals surface area contributed by atoms with Crippen LogP contribution in [0.15, 0.2) is 91.0 Å². The van der Waals surface area contributed by atoms with Gasteiger partial charge in [-0.3, -0.25) is 0 Å². The fourth-order valence-corrected chi connectivity index (χ4v) is 14.5. The standard InChI is InChI=1S/C59H68Cl2O8.Na/c1-35(2)14-12-15-36(3)47-24-25-48-44-23-22-42-30-37(26-28-58(42,4)49(44)27-29-59(47,48)5)16-13-21-43(40-31-45(54(62)63)52(50(60)33-40)68-56(66)38-17-8-6-9-18-38)41-32-46(55(64)65)53(51(61)34-41)69-57(67)39-19-10-7-11-20-39;/h6-11,17-21,31-37,42,44,47-49H,12-16,22-30H2,1-5H3,(H,62,63)(H,64,65);/t36?,37-,42-,44-,47+,48-,49-,58-,59+;/m0./s1. The van der Waals surface area contributed by atoms with Crippen molar-refractivity contribution in [2.45, 2.75) is 125 Å². The molecule has 8 rings (SSSR count). The van der Waals surface area contributed by atoms with Crippen molar-refractivity contribution < 1.29 is 38.9 Å². The van der Waals surface area contributed by atoms with E-state index in [1.807, 2.05) is 6.08 Å². The zero-order chi connectivity index (χ0) is 49.2. The van der Waals surface area contributed by atoms with Crippen molar-refractivity contribution in [3.63, 3.8) is 0 Å². The monoisotopic (exact) mass is 997 g/mol. The third-order valence-electron chi connectivity index (χ3n) is 17.5. The van der Waals surface area contributed by atoms with Gasteiger partial charge < -0.3 is 19.7 Å². The van der Waals surface area contributed by atoms with Gasteiger partial charge in [0, 0.05) is 29.6 Å². The van der Waals surface area contributed by atoms with E-state index in [1.165, 1.54) is 94.9 Å². The van der Waals surface area contributed by atoms with Crippen molar-refractivity contribution in [1.82, 2.24) is 0 Å². The van der Waals surface area contributed by atoms with E-state index < -0.39 is 23.9 Å². The number of rotatable bonds is 16. The van der Waals surface area contributed by atoms with Gasteiger partial charge in [-0.1, -0.05) is 120 Å². The molecule has 4 aromatic carbocycles. The molecular weight excluding hydrogens is 931 g/mol. The first kappa shape index (κ1) is 53.9. The molecule has 0 aromatic heterocycles. The van der Waals surface area contributed by atoms with Gasteiger partial charge in [-0.2, -0.15) is 0 Å². The second-order valence-electron chi connectivity index (χ2n) is 21.8. The van der Waals surface area contributed by atoms with Crippen LogP contribution in [0, 0.1) is 58.2 Å². The Morgan fingerprint density at radius 2 is 1.20 bits per heavy atom. The maximum atomic E-state index is 13.1. The number of benzene rings is 4. The summed E-state index contributed by atoms with van der Waals surface area (Å²) in [5, 5.41) is 20.7. The van der Waals surface area contributed by atoms with E-state index in [0.717, 1.165) is 48.3 Å². The minimum absolute atomic E-state index is 0. The van der Waals surface area contributed by atoms with Crippen molar-refractivity contribution in [2.24, 2.45) is 58.2 Å². The summed E-state index contributed by atoms with van der Waals surface area (Å²) in [5.74, 6) is 1.12. The Kier molecular flexibility index (Phi) is 17.6. The predicted octanol–water partition coefficient (Wildman–Crippen LogP) is 15.4. The SMILES string of the molecule is CC(C)CCCC(C)[C@H]1CC[C@H]2[C@@H]3CC[C@H]4C[C@@H](CCC=C(c5cc(Cl)c(OC(=O)c6ccccc6)c(C(=O)O)c5)c5cc(Cl)c(OC(=O)c6ccccc6)c(C(=O)O)c5)CC[C@]4(C)[C@H]3CC[C@]12C.[Na]. The summed E-state index contributed by atoms with van der Waals surface area (Å²) in [6.45, 7) is 12.5. The normalized spacial score (nSPS) is 26.1. The number of esters is 2. The molecule has 8 nitrogen and oxygen atoms in total. The summed E-state index contributed by atoms with van der Waals surface area (Å²) in [6.07, 6.45) is 19.2. The van der Waals surface area contributed by atoms with Crippen LogP contribution in [0.2, 0.25) is 10.0 Å². The molecule has 4 saturated carbocycles. The second kappa shape index (κ2) is 22.9. The fraction of sp³-hybridized carbons (Fsp3) is 0.492. The van der Waals surface area contributed by atoms with Crippen LogP contribution in [-0.2, 0) is 0 Å². The van der Waals surface area contributed by atoms with Crippen molar-refractivity contribution >= 4 is 82.2 Å². The summed E-state index contributed by atoms with van der Waals surface area (Å²) < 4.78 is 11.2. The molecule has 0 saturated heterocycles. The zero-order valence-electron chi connectivity index (χ0n) is 41.8. The molecule has 0 bridgehead atoms. The van der Waals surface area contributed by atoms with Gasteiger partial charge in [0.15, 0.2) is 11.5 Å². The minimum atomic E-state index is -1.37. The summed E-state index contributed by atoms with van der Waals surface area (Å²) in [5.41, 5.74) is 1.75. The molecule has 367 valence electrons. The number of allylic oxidation sites excluding steroid dienone is 1. The second-order valence-corrected chi connectivity index (χ2v) is 22.6. The Bertz CT molecular complexity index is 2460. The predicted molar refractivity (Wildman–Crippen MR) is 278 cm³/mol. The third kappa shape index (κ3) is 11.3. The van der Waals surface area contributed by atoms with Gasteiger partial charge in [0.1, 0.15) is 11.1 Å². The Labute approximate surface area is 446 Å². The van der Waals surface area contributed by atoms with Gasteiger partial charge in [0.05, 0.1) is 21.2 Å². The van der Waals surface area contributed by atoms with E-state index in [2.05, 4.69) is 34.6 Å². The number of carboxylic acids is 2. The Morgan fingerprint density at radius 3 is 1.73 bits per heavy atom. The van der Waals surface area contributed by atoms with E-state index in [4.69, 9.17) is 32.7 Å². The van der Waals surface area contributed by atoms with Crippen LogP contribution >= 0.6 is 23.2 Å². The van der Waals surface area contributed by atoms with Crippen LogP contribution < -0.4 is 9.47 Å². The van der Waals surface area contributed by atoms with Crippen LogP contribution in [0.3, 0.4) is 0 Å². The van der Waals surface area contributed by atoms with Crippen LogP contribution in [-0.4, -0.2) is 63.6 Å². The van der Waals surface area contributed by atoms with Crippen LogP contribution in [0.4, 0.5) is 0 Å². The molecule has 4 aliphatic carbocycles. The minimum Gasteiger partial charge on any atom is -0.478 e. The number of carbonyl (C=O) groups is 4. The number of aromatic carboxylic acids is 2. The van der Waals surface area contributed by atoms with Gasteiger partial charge in [0.2, 0.25) is 0 Å². The number of halogens is 2. The Morgan fingerprint density at radius 1 is 0.671 bits per heavy atom. The average Bonchev–Trinajstić information content (AvgIpc) is 3.69. The molecule has 4 aromatic rings. The summed E-state index contributed by atoms with van der Waals surface area (Å²) in [6, 6.07) is 22.2. The fourth-order valence-electron chi connectivity index (χ4n) is 14.0. The molecule has 9 atom stereocenters. The first-order valence-corrected chi connectivity index (χ1v) is 26.1. The largest absolute Gasteiger partial charge is 0.478 e. The quantitative estimate of drug-likeness (QED) is 0.0645. The molecule has 0 aliphatic heterocycles.